The van der Waals surface area contributed by atoms with Crippen LogP contribution in [0.5, 0.6) is 0 Å². The molecule has 2 nitrogen and oxygen atoms in total. The molecule has 0 amide bonds. The minimum Gasteiger partial charge on any atom is -0.356 e. The molecule has 0 aromatic rings. The molecule has 2 aliphatic rings. The van der Waals surface area contributed by atoms with Crippen molar-refractivity contribution in [3.63, 3.8) is 0 Å². The first-order valence-corrected chi connectivity index (χ1v) is 5.59. The molecule has 13 heavy (non-hydrogen) atoms. The van der Waals surface area contributed by atoms with Gasteiger partial charge in [-0.25, -0.2) is 0 Å². The Morgan fingerprint density at radius 2 is 1.85 bits per heavy atom. The van der Waals surface area contributed by atoms with Crippen LogP contribution in [0.3, 0.4) is 0 Å². The normalized spacial score (nSPS) is 35.1. The molecule has 1 N–H and O–H groups in total. The Morgan fingerprint density at radius 1 is 1.15 bits per heavy atom. The Kier molecular flexibility index (Phi) is 2.61. The lowest BCUT2D eigenvalue weighted by Crippen LogP contribution is -2.32. The second-order valence-electron chi connectivity index (χ2n) is 5.08. The third-order valence-electron chi connectivity index (χ3n) is 3.25. The fourth-order valence-electron chi connectivity index (χ4n) is 2.47. The van der Waals surface area contributed by atoms with E-state index >= 15 is 0 Å². The average Bonchev–Trinajstić information content (AvgIpc) is 2.48. The van der Waals surface area contributed by atoms with Gasteiger partial charge in [-0.15, -0.1) is 0 Å². The monoisotopic (exact) mass is 183 g/mol. The summed E-state index contributed by atoms with van der Waals surface area (Å²) in [6.45, 7) is 5.35. The van der Waals surface area contributed by atoms with Crippen molar-refractivity contribution in [1.29, 1.82) is 0 Å². The van der Waals surface area contributed by atoms with Crippen molar-refractivity contribution in [1.82, 2.24) is 5.32 Å². The maximum atomic E-state index is 5.98. The lowest BCUT2D eigenvalue weighted by molar-refractivity contribution is -0.0490. The van der Waals surface area contributed by atoms with E-state index in [1.165, 1.54) is 32.1 Å². The van der Waals surface area contributed by atoms with Crippen LogP contribution < -0.4 is 5.32 Å². The summed E-state index contributed by atoms with van der Waals surface area (Å²) in [4.78, 5) is 0. The highest BCUT2D eigenvalue weighted by molar-refractivity contribution is 4.85. The lowest BCUT2D eigenvalue weighted by atomic mass is 9.88. The summed E-state index contributed by atoms with van der Waals surface area (Å²) < 4.78 is 5.98. The molecule has 1 aliphatic carbocycles. The Labute approximate surface area is 81.0 Å². The average molecular weight is 183 g/mol. The molecule has 1 saturated heterocycles. The zero-order valence-corrected chi connectivity index (χ0v) is 8.81. The molecule has 1 atom stereocenters. The van der Waals surface area contributed by atoms with Gasteiger partial charge in [0.1, 0.15) is 6.23 Å². The van der Waals surface area contributed by atoms with Crippen LogP contribution in [-0.2, 0) is 4.74 Å². The van der Waals surface area contributed by atoms with E-state index in [1.807, 2.05) is 0 Å². The highest BCUT2D eigenvalue weighted by Gasteiger charge is 2.35. The van der Waals surface area contributed by atoms with Gasteiger partial charge in [-0.1, -0.05) is 19.3 Å². The van der Waals surface area contributed by atoms with Crippen molar-refractivity contribution in [2.75, 3.05) is 6.54 Å². The molecule has 0 aromatic heterocycles. The molecule has 0 bridgehead atoms. The molecule has 2 rings (SSSR count). The molecule has 2 heteroatoms. The zero-order chi connectivity index (χ0) is 9.31. The molecule has 1 saturated carbocycles. The zero-order valence-electron chi connectivity index (χ0n) is 8.81. The number of rotatable bonds is 1. The van der Waals surface area contributed by atoms with E-state index in [9.17, 15) is 0 Å². The Balaban J connectivity index is 1.87. The Bertz CT molecular complexity index is 173. The standard InChI is InChI=1S/C11H21NO/c1-11(2)8-12-10(13-11)9-6-4-3-5-7-9/h9-10,12H,3-8H2,1-2H3. The molecule has 2 fully saturated rings. The van der Waals surface area contributed by atoms with Gasteiger partial charge in [0.05, 0.1) is 5.60 Å². The van der Waals surface area contributed by atoms with E-state index in [0.717, 1.165) is 12.5 Å². The number of hydrogen-bond acceptors (Lipinski definition) is 2. The minimum atomic E-state index is 0.0577. The molecule has 76 valence electrons. The highest BCUT2D eigenvalue weighted by Crippen LogP contribution is 2.31. The third kappa shape index (κ3) is 2.23. The summed E-state index contributed by atoms with van der Waals surface area (Å²) in [5.41, 5.74) is 0.0577. The molecular weight excluding hydrogens is 162 g/mol. The Hall–Kier alpha value is -0.0800. The second kappa shape index (κ2) is 3.58. The van der Waals surface area contributed by atoms with E-state index in [1.54, 1.807) is 0 Å². The van der Waals surface area contributed by atoms with Gasteiger partial charge in [-0.3, -0.25) is 5.32 Å². The van der Waals surface area contributed by atoms with Crippen molar-refractivity contribution in [2.24, 2.45) is 5.92 Å². The van der Waals surface area contributed by atoms with Gasteiger partial charge >= 0.3 is 0 Å². The van der Waals surface area contributed by atoms with Crippen LogP contribution in [0.15, 0.2) is 0 Å². The fraction of sp³-hybridized carbons (Fsp3) is 1.00. The molecular formula is C11H21NO. The molecule has 0 spiro atoms. The minimum absolute atomic E-state index is 0.0577. The fourth-order valence-corrected chi connectivity index (χ4v) is 2.47. The van der Waals surface area contributed by atoms with Gasteiger partial charge < -0.3 is 4.74 Å². The van der Waals surface area contributed by atoms with Crippen LogP contribution in [0, 0.1) is 5.92 Å². The molecule has 1 heterocycles. The summed E-state index contributed by atoms with van der Waals surface area (Å²) in [6.07, 6.45) is 7.27. The van der Waals surface area contributed by atoms with Crippen LogP contribution in [0.25, 0.3) is 0 Å². The number of hydrogen-bond donors (Lipinski definition) is 1. The van der Waals surface area contributed by atoms with Crippen molar-refractivity contribution < 1.29 is 4.74 Å². The summed E-state index contributed by atoms with van der Waals surface area (Å²) >= 11 is 0. The maximum absolute atomic E-state index is 5.98. The van der Waals surface area contributed by atoms with Gasteiger partial charge in [-0.2, -0.15) is 0 Å². The SMILES string of the molecule is CC1(C)CNC(C2CCCCC2)O1. The van der Waals surface area contributed by atoms with Crippen LogP contribution in [-0.4, -0.2) is 18.4 Å². The van der Waals surface area contributed by atoms with Gasteiger partial charge in [0.2, 0.25) is 0 Å². The molecule has 0 radical (unpaired) electrons. The molecule has 1 unspecified atom stereocenters. The quantitative estimate of drug-likeness (QED) is 0.673. The van der Waals surface area contributed by atoms with E-state index in [2.05, 4.69) is 19.2 Å². The summed E-state index contributed by atoms with van der Waals surface area (Å²) in [7, 11) is 0. The van der Waals surface area contributed by atoms with E-state index in [4.69, 9.17) is 4.74 Å². The molecule has 0 aromatic carbocycles. The van der Waals surface area contributed by atoms with Crippen LogP contribution >= 0.6 is 0 Å². The van der Waals surface area contributed by atoms with Gasteiger partial charge in [0.15, 0.2) is 0 Å². The number of ether oxygens (including phenoxy) is 1. The van der Waals surface area contributed by atoms with Crippen molar-refractivity contribution >= 4 is 0 Å². The van der Waals surface area contributed by atoms with Gasteiger partial charge in [-0.05, 0) is 32.6 Å². The largest absolute Gasteiger partial charge is 0.356 e. The number of nitrogens with one attached hydrogen (secondary N) is 1. The first-order chi connectivity index (χ1) is 6.17. The predicted octanol–water partition coefficient (Wildman–Crippen LogP) is 2.29. The van der Waals surface area contributed by atoms with Crippen LogP contribution in [0.4, 0.5) is 0 Å². The predicted molar refractivity (Wildman–Crippen MR) is 53.5 cm³/mol. The van der Waals surface area contributed by atoms with Crippen LogP contribution in [0.1, 0.15) is 46.0 Å². The van der Waals surface area contributed by atoms with E-state index in [0.29, 0.717) is 6.23 Å². The summed E-state index contributed by atoms with van der Waals surface area (Å²) in [6, 6.07) is 0. The van der Waals surface area contributed by atoms with Gasteiger partial charge in [0, 0.05) is 6.54 Å². The summed E-state index contributed by atoms with van der Waals surface area (Å²) in [5.74, 6) is 0.774. The Morgan fingerprint density at radius 3 is 2.38 bits per heavy atom. The first kappa shape index (κ1) is 9.47. The highest BCUT2D eigenvalue weighted by atomic mass is 16.5. The smallest absolute Gasteiger partial charge is 0.111 e. The van der Waals surface area contributed by atoms with Crippen molar-refractivity contribution in [3.8, 4) is 0 Å². The van der Waals surface area contributed by atoms with Crippen LogP contribution in [0.2, 0.25) is 0 Å². The summed E-state index contributed by atoms with van der Waals surface area (Å²) in [5, 5.41) is 3.49. The molecule has 1 aliphatic heterocycles. The maximum Gasteiger partial charge on any atom is 0.111 e. The lowest BCUT2D eigenvalue weighted by Gasteiger charge is -2.28. The first-order valence-electron chi connectivity index (χ1n) is 5.59. The van der Waals surface area contributed by atoms with E-state index < -0.39 is 0 Å². The third-order valence-corrected chi connectivity index (χ3v) is 3.25. The second-order valence-corrected chi connectivity index (χ2v) is 5.08. The van der Waals surface area contributed by atoms with Crippen molar-refractivity contribution in [3.05, 3.63) is 0 Å². The van der Waals surface area contributed by atoms with Gasteiger partial charge in [0.25, 0.3) is 0 Å². The topological polar surface area (TPSA) is 21.3 Å². The van der Waals surface area contributed by atoms with Crippen molar-refractivity contribution in [2.45, 2.75) is 57.8 Å². The van der Waals surface area contributed by atoms with E-state index in [-0.39, 0.29) is 5.60 Å².